The minimum Gasteiger partial charge on any atom is -0.384 e. The first-order valence-corrected chi connectivity index (χ1v) is 7.40. The van der Waals surface area contributed by atoms with E-state index in [1.165, 1.54) is 11.8 Å². The molecule has 0 radical (unpaired) electrons. The van der Waals surface area contributed by atoms with Crippen molar-refractivity contribution in [2.45, 2.75) is 43.6 Å². The highest BCUT2D eigenvalue weighted by molar-refractivity contribution is 7.99. The van der Waals surface area contributed by atoms with Gasteiger partial charge in [0.1, 0.15) is 11.6 Å². The van der Waals surface area contributed by atoms with Crippen LogP contribution >= 0.6 is 11.8 Å². The molecular formula is C12H18N6OS. The topological polar surface area (TPSA) is 102 Å². The molecule has 2 heterocycles. The molecule has 1 atom stereocenters. The summed E-state index contributed by atoms with van der Waals surface area (Å²) in [4.78, 5) is 20.1. The minimum absolute atomic E-state index is 0.0333. The molecule has 0 aliphatic heterocycles. The summed E-state index contributed by atoms with van der Waals surface area (Å²) in [6.07, 6.45) is 3.59. The maximum Gasteiger partial charge on any atom is 0.343 e. The fourth-order valence-electron chi connectivity index (χ4n) is 1.70. The fourth-order valence-corrected chi connectivity index (χ4v) is 2.64. The zero-order chi connectivity index (χ0) is 14.5. The molecule has 7 nitrogen and oxygen atoms in total. The normalized spacial score (nSPS) is 12.5. The monoisotopic (exact) mass is 294 g/mol. The van der Waals surface area contributed by atoms with E-state index in [0.717, 1.165) is 12.8 Å². The van der Waals surface area contributed by atoms with Crippen LogP contribution in [0.25, 0.3) is 0 Å². The van der Waals surface area contributed by atoms with Gasteiger partial charge in [-0.1, -0.05) is 25.1 Å². The summed E-state index contributed by atoms with van der Waals surface area (Å²) in [5, 5.41) is 7.16. The lowest BCUT2D eigenvalue weighted by molar-refractivity contribution is 0.572. The molecular weight excluding hydrogens is 276 g/mol. The molecule has 108 valence electrons. The van der Waals surface area contributed by atoms with Crippen molar-refractivity contribution in [2.24, 2.45) is 0 Å². The Bertz CT molecular complexity index is 622. The van der Waals surface area contributed by atoms with Crippen LogP contribution in [-0.2, 0) is 6.54 Å². The van der Waals surface area contributed by atoms with E-state index >= 15 is 0 Å². The zero-order valence-corrected chi connectivity index (χ0v) is 12.4. The second kappa shape index (κ2) is 6.56. The first-order valence-electron chi connectivity index (χ1n) is 6.52. The van der Waals surface area contributed by atoms with E-state index in [-0.39, 0.29) is 10.9 Å². The van der Waals surface area contributed by atoms with Crippen LogP contribution in [0.3, 0.4) is 0 Å². The number of thioether (sulfide) groups is 1. The highest BCUT2D eigenvalue weighted by Gasteiger charge is 2.16. The van der Waals surface area contributed by atoms with Crippen molar-refractivity contribution in [3.63, 3.8) is 0 Å². The maximum atomic E-state index is 11.7. The predicted molar refractivity (Wildman–Crippen MR) is 78.5 cm³/mol. The Kier molecular flexibility index (Phi) is 4.78. The molecule has 0 spiro atoms. The summed E-state index contributed by atoms with van der Waals surface area (Å²) in [5.74, 6) is 1.07. The summed E-state index contributed by atoms with van der Waals surface area (Å²) in [7, 11) is 0. The van der Waals surface area contributed by atoms with Gasteiger partial charge in [0.25, 0.3) is 0 Å². The van der Waals surface area contributed by atoms with Crippen molar-refractivity contribution >= 4 is 17.6 Å². The summed E-state index contributed by atoms with van der Waals surface area (Å²) in [6, 6.07) is 1.65. The van der Waals surface area contributed by atoms with E-state index in [1.54, 1.807) is 16.8 Å². The van der Waals surface area contributed by atoms with Crippen molar-refractivity contribution < 1.29 is 0 Å². The summed E-state index contributed by atoms with van der Waals surface area (Å²) < 4.78 is 1.65. The average Bonchev–Trinajstić information content (AvgIpc) is 2.77. The van der Waals surface area contributed by atoms with Gasteiger partial charge in [0.15, 0.2) is 5.16 Å². The summed E-state index contributed by atoms with van der Waals surface area (Å²) in [6.45, 7) is 4.71. The first-order chi connectivity index (χ1) is 9.61. The van der Waals surface area contributed by atoms with Gasteiger partial charge in [-0.25, -0.2) is 19.9 Å². The van der Waals surface area contributed by atoms with Crippen molar-refractivity contribution in [3.05, 3.63) is 28.6 Å². The lowest BCUT2D eigenvalue weighted by Crippen LogP contribution is -2.17. The third kappa shape index (κ3) is 3.38. The van der Waals surface area contributed by atoms with Gasteiger partial charge in [-0.05, 0) is 19.4 Å². The van der Waals surface area contributed by atoms with Crippen LogP contribution in [0.2, 0.25) is 0 Å². The predicted octanol–water partition coefficient (Wildman–Crippen LogP) is 1.60. The standard InChI is InChI=1S/C12H18N6OS/c1-3-4-7-18-11(19)16-17-12(18)20-8(2)10-14-6-5-9(13)15-10/h5-6,8H,3-4,7H2,1-2H3,(H,16,19)(H2,13,14,15). The molecule has 2 aromatic heterocycles. The number of hydrogen-bond acceptors (Lipinski definition) is 6. The molecule has 0 amide bonds. The van der Waals surface area contributed by atoms with Crippen molar-refractivity contribution in [3.8, 4) is 0 Å². The van der Waals surface area contributed by atoms with Crippen molar-refractivity contribution in [1.82, 2.24) is 24.7 Å². The Balaban J connectivity index is 2.15. The number of nitrogens with one attached hydrogen (secondary N) is 1. The maximum absolute atomic E-state index is 11.7. The van der Waals surface area contributed by atoms with E-state index in [0.29, 0.717) is 23.3 Å². The van der Waals surface area contributed by atoms with E-state index < -0.39 is 0 Å². The Morgan fingerprint density at radius 3 is 3.05 bits per heavy atom. The van der Waals surface area contributed by atoms with Crippen LogP contribution in [0, 0.1) is 0 Å². The molecule has 2 rings (SSSR count). The van der Waals surface area contributed by atoms with E-state index in [1.807, 2.05) is 6.92 Å². The lowest BCUT2D eigenvalue weighted by atomic mass is 10.3. The summed E-state index contributed by atoms with van der Waals surface area (Å²) in [5.41, 5.74) is 5.47. The fraction of sp³-hybridized carbons (Fsp3) is 0.500. The molecule has 0 bridgehead atoms. The quantitative estimate of drug-likeness (QED) is 0.784. The minimum atomic E-state index is -0.179. The lowest BCUT2D eigenvalue weighted by Gasteiger charge is -2.10. The van der Waals surface area contributed by atoms with E-state index in [9.17, 15) is 4.79 Å². The number of unbranched alkanes of at least 4 members (excludes halogenated alkanes) is 1. The first kappa shape index (κ1) is 14.6. The number of nitrogens with zero attached hydrogens (tertiary/aromatic N) is 4. The van der Waals surface area contributed by atoms with Crippen LogP contribution in [0.1, 0.15) is 37.8 Å². The molecule has 1 unspecified atom stereocenters. The van der Waals surface area contributed by atoms with Crippen LogP contribution in [0.15, 0.2) is 22.2 Å². The van der Waals surface area contributed by atoms with Gasteiger partial charge < -0.3 is 5.73 Å². The van der Waals surface area contributed by atoms with Gasteiger partial charge >= 0.3 is 5.69 Å². The van der Waals surface area contributed by atoms with Gasteiger partial charge in [0.05, 0.1) is 5.25 Å². The number of aromatic amines is 1. The molecule has 8 heteroatoms. The smallest absolute Gasteiger partial charge is 0.343 e. The Labute approximate surface area is 121 Å². The van der Waals surface area contributed by atoms with Gasteiger partial charge in [-0.3, -0.25) is 4.57 Å². The van der Waals surface area contributed by atoms with Gasteiger partial charge in [0.2, 0.25) is 0 Å². The summed E-state index contributed by atoms with van der Waals surface area (Å²) >= 11 is 1.44. The van der Waals surface area contributed by atoms with Gasteiger partial charge in [0, 0.05) is 12.7 Å². The van der Waals surface area contributed by atoms with Crippen molar-refractivity contribution in [2.75, 3.05) is 5.73 Å². The number of aromatic nitrogens is 5. The van der Waals surface area contributed by atoms with Crippen molar-refractivity contribution in [1.29, 1.82) is 0 Å². The number of H-pyrrole nitrogens is 1. The molecule has 20 heavy (non-hydrogen) atoms. The number of hydrogen-bond donors (Lipinski definition) is 2. The Hall–Kier alpha value is -1.83. The molecule has 0 saturated heterocycles. The number of nitrogen functional groups attached to an aromatic ring is 1. The molecule has 3 N–H and O–H groups in total. The van der Waals surface area contributed by atoms with Crippen LogP contribution < -0.4 is 11.4 Å². The Morgan fingerprint density at radius 2 is 2.35 bits per heavy atom. The highest BCUT2D eigenvalue weighted by Crippen LogP contribution is 2.31. The van der Waals surface area contributed by atoms with Crippen LogP contribution in [0.4, 0.5) is 5.82 Å². The molecule has 0 aliphatic rings. The number of nitrogens with two attached hydrogens (primary N) is 1. The second-order valence-corrected chi connectivity index (χ2v) is 5.72. The molecule has 2 aromatic rings. The van der Waals surface area contributed by atoms with Crippen LogP contribution in [0.5, 0.6) is 0 Å². The molecule has 0 fully saturated rings. The second-order valence-electron chi connectivity index (χ2n) is 4.42. The number of anilines is 1. The average molecular weight is 294 g/mol. The Morgan fingerprint density at radius 1 is 1.55 bits per heavy atom. The highest BCUT2D eigenvalue weighted by atomic mass is 32.2. The zero-order valence-electron chi connectivity index (χ0n) is 11.5. The third-order valence-electron chi connectivity index (χ3n) is 2.80. The largest absolute Gasteiger partial charge is 0.384 e. The van der Waals surface area contributed by atoms with Gasteiger partial charge in [-0.15, -0.1) is 5.10 Å². The molecule has 0 aliphatic carbocycles. The van der Waals surface area contributed by atoms with E-state index in [2.05, 4.69) is 27.1 Å². The van der Waals surface area contributed by atoms with Crippen LogP contribution in [-0.4, -0.2) is 24.7 Å². The SMILES string of the molecule is CCCCn1c(SC(C)c2nccc(N)n2)n[nH]c1=O. The third-order valence-corrected chi connectivity index (χ3v) is 3.89. The van der Waals surface area contributed by atoms with E-state index in [4.69, 9.17) is 5.73 Å². The number of rotatable bonds is 6. The molecule has 0 aromatic carbocycles. The molecule has 0 saturated carbocycles. The van der Waals surface area contributed by atoms with Gasteiger partial charge in [-0.2, -0.15) is 0 Å².